The number of carbonyl (C=O) groups is 1. The molecule has 174 valence electrons. The topological polar surface area (TPSA) is 58.1 Å². The standard InChI is InChI=1S/C25H30N4O3S/c1-2-29(16-19-7-8-21-22(15-19)32-14-13-31-21)25(30)18-28-11-9-27(10-12-28)17-24-26-20-5-3-4-6-23(20)33-24/h3-8,15H,2,9-14,16-18H2,1H3. The van der Waals surface area contributed by atoms with Crippen molar-refractivity contribution < 1.29 is 14.3 Å². The fourth-order valence-corrected chi connectivity index (χ4v) is 5.37. The first kappa shape index (κ1) is 22.1. The molecule has 1 amide bonds. The number of nitrogens with zero attached hydrogens (tertiary/aromatic N) is 4. The minimum absolute atomic E-state index is 0.173. The summed E-state index contributed by atoms with van der Waals surface area (Å²) in [4.78, 5) is 24.4. The second-order valence-corrected chi connectivity index (χ2v) is 9.63. The molecule has 5 rings (SSSR count). The third kappa shape index (κ3) is 5.29. The van der Waals surface area contributed by atoms with Crippen LogP contribution in [-0.4, -0.2) is 78.1 Å². The van der Waals surface area contributed by atoms with E-state index in [1.165, 1.54) is 4.70 Å². The average molecular weight is 467 g/mol. The predicted octanol–water partition coefficient (Wildman–Crippen LogP) is 3.23. The van der Waals surface area contributed by atoms with Crippen molar-refractivity contribution in [1.29, 1.82) is 0 Å². The zero-order valence-corrected chi connectivity index (χ0v) is 19.9. The van der Waals surface area contributed by atoms with Gasteiger partial charge in [-0.05, 0) is 36.8 Å². The van der Waals surface area contributed by atoms with Crippen LogP contribution < -0.4 is 9.47 Å². The highest BCUT2D eigenvalue weighted by molar-refractivity contribution is 7.18. The summed E-state index contributed by atoms with van der Waals surface area (Å²) >= 11 is 1.77. The fraction of sp³-hybridized carbons (Fsp3) is 0.440. The zero-order valence-electron chi connectivity index (χ0n) is 19.0. The summed E-state index contributed by atoms with van der Waals surface area (Å²) in [7, 11) is 0. The number of piperazine rings is 1. The van der Waals surface area contributed by atoms with Gasteiger partial charge in [-0.1, -0.05) is 18.2 Å². The number of likely N-dealkylation sites (N-methyl/N-ethyl adjacent to an activating group) is 1. The lowest BCUT2D eigenvalue weighted by atomic mass is 10.1. The van der Waals surface area contributed by atoms with Gasteiger partial charge in [0.2, 0.25) is 5.91 Å². The van der Waals surface area contributed by atoms with Crippen LogP contribution in [0.15, 0.2) is 42.5 Å². The SMILES string of the molecule is CCN(Cc1ccc2c(c1)OCCO2)C(=O)CN1CCN(Cc2nc3ccccc3s2)CC1. The molecule has 0 radical (unpaired) electrons. The maximum Gasteiger partial charge on any atom is 0.237 e. The molecule has 2 aromatic carbocycles. The Morgan fingerprint density at radius 1 is 1.03 bits per heavy atom. The van der Waals surface area contributed by atoms with Crippen LogP contribution in [0.1, 0.15) is 17.5 Å². The third-order valence-corrected chi connectivity index (χ3v) is 7.26. The monoisotopic (exact) mass is 466 g/mol. The highest BCUT2D eigenvalue weighted by Gasteiger charge is 2.22. The molecule has 1 aromatic heterocycles. The van der Waals surface area contributed by atoms with E-state index in [1.54, 1.807) is 11.3 Å². The predicted molar refractivity (Wildman–Crippen MR) is 130 cm³/mol. The van der Waals surface area contributed by atoms with E-state index in [2.05, 4.69) is 28.0 Å². The lowest BCUT2D eigenvalue weighted by Crippen LogP contribution is -2.49. The number of hydrogen-bond donors (Lipinski definition) is 0. The first-order valence-electron chi connectivity index (χ1n) is 11.6. The fourth-order valence-electron chi connectivity index (χ4n) is 4.36. The van der Waals surface area contributed by atoms with E-state index in [-0.39, 0.29) is 5.91 Å². The van der Waals surface area contributed by atoms with Gasteiger partial charge in [0, 0.05) is 39.3 Å². The van der Waals surface area contributed by atoms with Crippen LogP contribution in [-0.2, 0) is 17.9 Å². The number of aromatic nitrogens is 1. The van der Waals surface area contributed by atoms with Crippen LogP contribution in [0.3, 0.4) is 0 Å². The maximum absolute atomic E-state index is 13.0. The molecule has 3 heterocycles. The summed E-state index contributed by atoms with van der Waals surface area (Å²) in [5.41, 5.74) is 2.15. The summed E-state index contributed by atoms with van der Waals surface area (Å²) in [6.45, 7) is 9.52. The Morgan fingerprint density at radius 2 is 1.79 bits per heavy atom. The number of thiazole rings is 1. The van der Waals surface area contributed by atoms with Crippen molar-refractivity contribution in [3.63, 3.8) is 0 Å². The minimum Gasteiger partial charge on any atom is -0.486 e. The van der Waals surface area contributed by atoms with Crippen LogP contribution in [0.25, 0.3) is 10.2 Å². The smallest absolute Gasteiger partial charge is 0.237 e. The van der Waals surface area contributed by atoms with Crippen LogP contribution in [0.4, 0.5) is 0 Å². The summed E-state index contributed by atoms with van der Waals surface area (Å²) in [5.74, 6) is 1.72. The van der Waals surface area contributed by atoms with E-state index in [9.17, 15) is 4.79 Å². The zero-order chi connectivity index (χ0) is 22.6. The van der Waals surface area contributed by atoms with Gasteiger partial charge >= 0.3 is 0 Å². The van der Waals surface area contributed by atoms with Gasteiger partial charge in [0.1, 0.15) is 18.2 Å². The summed E-state index contributed by atoms with van der Waals surface area (Å²) in [6.07, 6.45) is 0. The average Bonchev–Trinajstić information content (AvgIpc) is 3.26. The first-order valence-corrected chi connectivity index (χ1v) is 12.4. The Morgan fingerprint density at radius 3 is 2.58 bits per heavy atom. The van der Waals surface area contributed by atoms with Gasteiger partial charge in [0.05, 0.1) is 23.3 Å². The molecular weight excluding hydrogens is 436 g/mol. The van der Waals surface area contributed by atoms with Gasteiger partial charge < -0.3 is 14.4 Å². The van der Waals surface area contributed by atoms with Crippen LogP contribution in [0, 0.1) is 0 Å². The van der Waals surface area contributed by atoms with E-state index in [1.807, 2.05) is 36.1 Å². The third-order valence-electron chi connectivity index (χ3n) is 6.24. The number of carbonyl (C=O) groups excluding carboxylic acids is 1. The van der Waals surface area contributed by atoms with Gasteiger partial charge in [-0.15, -0.1) is 11.3 Å². The number of ether oxygens (including phenoxy) is 2. The van der Waals surface area contributed by atoms with Crippen molar-refractivity contribution in [1.82, 2.24) is 19.7 Å². The number of fused-ring (bicyclic) bond motifs is 2. The molecule has 2 aliphatic rings. The van der Waals surface area contributed by atoms with Gasteiger partial charge in [-0.2, -0.15) is 0 Å². The van der Waals surface area contributed by atoms with Crippen LogP contribution in [0.2, 0.25) is 0 Å². The van der Waals surface area contributed by atoms with Gasteiger partial charge in [0.25, 0.3) is 0 Å². The normalized spacial score (nSPS) is 16.8. The number of hydrogen-bond acceptors (Lipinski definition) is 7. The number of rotatable bonds is 7. The van der Waals surface area contributed by atoms with E-state index in [0.29, 0.717) is 32.8 Å². The number of benzene rings is 2. The molecule has 33 heavy (non-hydrogen) atoms. The van der Waals surface area contributed by atoms with E-state index < -0.39 is 0 Å². The molecule has 8 heteroatoms. The Bertz CT molecular complexity index is 1080. The maximum atomic E-state index is 13.0. The van der Waals surface area contributed by atoms with Crippen molar-refractivity contribution >= 4 is 27.5 Å². The quantitative estimate of drug-likeness (QED) is 0.533. The second-order valence-electron chi connectivity index (χ2n) is 8.51. The summed E-state index contributed by atoms with van der Waals surface area (Å²) < 4.78 is 12.5. The molecule has 0 aliphatic carbocycles. The molecule has 0 N–H and O–H groups in total. The van der Waals surface area contributed by atoms with Crippen LogP contribution >= 0.6 is 11.3 Å². The molecule has 1 fully saturated rings. The van der Waals surface area contributed by atoms with E-state index in [0.717, 1.165) is 60.3 Å². The lowest BCUT2D eigenvalue weighted by Gasteiger charge is -2.35. The molecule has 0 saturated carbocycles. The van der Waals surface area contributed by atoms with E-state index in [4.69, 9.17) is 14.5 Å². The molecule has 3 aromatic rings. The molecule has 0 atom stereocenters. The Kier molecular flexibility index (Phi) is 6.75. The molecule has 0 bridgehead atoms. The lowest BCUT2D eigenvalue weighted by molar-refractivity contribution is -0.133. The van der Waals surface area contributed by atoms with Crippen LogP contribution in [0.5, 0.6) is 11.5 Å². The Labute approximate surface area is 198 Å². The van der Waals surface area contributed by atoms with Crippen molar-refractivity contribution in [3.05, 3.63) is 53.0 Å². The van der Waals surface area contributed by atoms with Crippen molar-refractivity contribution in [2.45, 2.75) is 20.0 Å². The highest BCUT2D eigenvalue weighted by atomic mass is 32.1. The minimum atomic E-state index is 0.173. The van der Waals surface area contributed by atoms with Gasteiger partial charge in [-0.25, -0.2) is 4.98 Å². The van der Waals surface area contributed by atoms with Gasteiger partial charge in [0.15, 0.2) is 11.5 Å². The van der Waals surface area contributed by atoms with Crippen molar-refractivity contribution in [2.75, 3.05) is 52.5 Å². The number of para-hydroxylation sites is 1. The molecule has 1 saturated heterocycles. The molecule has 0 spiro atoms. The Hall–Kier alpha value is -2.68. The number of amides is 1. The largest absolute Gasteiger partial charge is 0.486 e. The molecule has 2 aliphatic heterocycles. The molecule has 7 nitrogen and oxygen atoms in total. The Balaban J connectivity index is 1.11. The first-order chi connectivity index (χ1) is 16.2. The van der Waals surface area contributed by atoms with Crippen molar-refractivity contribution in [2.24, 2.45) is 0 Å². The molecular formula is C25H30N4O3S. The summed E-state index contributed by atoms with van der Waals surface area (Å²) in [6, 6.07) is 14.2. The van der Waals surface area contributed by atoms with Gasteiger partial charge in [-0.3, -0.25) is 14.6 Å². The molecule has 0 unspecified atom stereocenters. The highest BCUT2D eigenvalue weighted by Crippen LogP contribution is 2.31. The second kappa shape index (κ2) is 10.1. The van der Waals surface area contributed by atoms with E-state index >= 15 is 0 Å². The van der Waals surface area contributed by atoms with Crippen molar-refractivity contribution in [3.8, 4) is 11.5 Å². The summed E-state index contributed by atoms with van der Waals surface area (Å²) in [5, 5.41) is 1.16.